The Morgan fingerprint density at radius 2 is 1.76 bits per heavy atom. The molecule has 1 aliphatic heterocycles. The number of hydrogen-bond acceptors (Lipinski definition) is 5. The molecular weight excluding hydrogens is 304 g/mol. The quantitative estimate of drug-likeness (QED) is 0.715. The minimum atomic E-state index is -1.80. The number of ether oxygens (including phenoxy) is 2. The molecule has 1 heterocycles. The fraction of sp³-hybridized carbons (Fsp3) is 0.933. The number of hydrogen-bond donors (Lipinski definition) is 0. The van der Waals surface area contributed by atoms with Crippen molar-refractivity contribution in [1.82, 2.24) is 0 Å². The average Bonchev–Trinajstić information content (AvgIpc) is 2.57. The minimum absolute atomic E-state index is 0.0985. The van der Waals surface area contributed by atoms with Crippen molar-refractivity contribution in [2.75, 3.05) is 12.4 Å². The van der Waals surface area contributed by atoms with Crippen LogP contribution in [-0.4, -0.2) is 43.8 Å². The van der Waals surface area contributed by atoms with Gasteiger partial charge in [-0.1, -0.05) is 32.5 Å². The summed E-state index contributed by atoms with van der Waals surface area (Å²) >= 11 is 1.28. The Kier molecular flexibility index (Phi) is 6.12. The summed E-state index contributed by atoms with van der Waals surface area (Å²) in [5.41, 5.74) is 0. The topological polar surface area (TPSA) is 44.8 Å². The highest BCUT2D eigenvalue weighted by Gasteiger charge is 2.44. The molecule has 1 fully saturated rings. The van der Waals surface area contributed by atoms with Gasteiger partial charge >= 0.3 is 0 Å². The van der Waals surface area contributed by atoms with E-state index in [2.05, 4.69) is 33.9 Å². The molecule has 0 unspecified atom stereocenters. The molecule has 1 rings (SSSR count). The van der Waals surface area contributed by atoms with Gasteiger partial charge in [0.25, 0.3) is 0 Å². The Balaban J connectivity index is 2.64. The van der Waals surface area contributed by atoms with Crippen LogP contribution in [0.4, 0.5) is 0 Å². The highest BCUT2D eigenvalue weighted by molar-refractivity contribution is 8.13. The van der Waals surface area contributed by atoms with Crippen molar-refractivity contribution >= 4 is 25.2 Å². The lowest BCUT2D eigenvalue weighted by Crippen LogP contribution is -2.44. The lowest BCUT2D eigenvalue weighted by molar-refractivity contribution is -0.147. The van der Waals surface area contributed by atoms with Crippen LogP contribution in [0.1, 0.15) is 41.5 Å². The molecule has 2 atom stereocenters. The minimum Gasteiger partial charge on any atom is -0.414 e. The predicted molar refractivity (Wildman–Crippen MR) is 90.1 cm³/mol. The van der Waals surface area contributed by atoms with E-state index < -0.39 is 14.1 Å². The van der Waals surface area contributed by atoms with Crippen molar-refractivity contribution in [2.24, 2.45) is 0 Å². The Bertz CT molecular complexity index is 376. The van der Waals surface area contributed by atoms with Crippen molar-refractivity contribution in [3.63, 3.8) is 0 Å². The molecule has 0 aromatic heterocycles. The van der Waals surface area contributed by atoms with E-state index >= 15 is 0 Å². The van der Waals surface area contributed by atoms with Gasteiger partial charge in [0.2, 0.25) is 0 Å². The average molecular weight is 335 g/mol. The predicted octanol–water partition coefficient (Wildman–Crippen LogP) is 3.81. The van der Waals surface area contributed by atoms with Gasteiger partial charge in [0.05, 0.1) is 12.7 Å². The third-order valence-corrected chi connectivity index (χ3v) is 9.55. The third-order valence-electron chi connectivity index (χ3n) is 4.15. The van der Waals surface area contributed by atoms with Gasteiger partial charge in [-0.15, -0.1) is 0 Å². The molecule has 0 N–H and O–H groups in total. The number of carbonyl (C=O) groups excluding carboxylic acids is 1. The number of rotatable bonds is 5. The normalized spacial score (nSPS) is 26.1. The Morgan fingerprint density at radius 1 is 1.24 bits per heavy atom. The van der Waals surface area contributed by atoms with Crippen LogP contribution < -0.4 is 0 Å². The molecule has 1 aliphatic rings. The standard InChI is InChI=1S/C15H30O4SSi/c1-11(16)20-10-13-12(18-15(5,6)19-13)9-17-21(7,8)14(2,3)4/h12-13H,9-10H2,1-8H3/t12-,13-/m0/s1. The largest absolute Gasteiger partial charge is 0.414 e. The molecule has 124 valence electrons. The summed E-state index contributed by atoms with van der Waals surface area (Å²) in [6, 6.07) is 0. The van der Waals surface area contributed by atoms with Gasteiger partial charge in [-0.3, -0.25) is 4.79 Å². The van der Waals surface area contributed by atoms with E-state index in [1.165, 1.54) is 11.8 Å². The molecule has 0 aromatic rings. The second kappa shape index (κ2) is 6.70. The molecule has 0 spiro atoms. The van der Waals surface area contributed by atoms with Crippen LogP contribution in [0.5, 0.6) is 0 Å². The van der Waals surface area contributed by atoms with E-state index in [-0.39, 0.29) is 22.4 Å². The number of thioether (sulfide) groups is 1. The van der Waals surface area contributed by atoms with E-state index in [9.17, 15) is 4.79 Å². The molecule has 0 bridgehead atoms. The van der Waals surface area contributed by atoms with Crippen LogP contribution in [0.2, 0.25) is 18.1 Å². The molecule has 6 heteroatoms. The molecule has 0 aromatic carbocycles. The zero-order valence-corrected chi connectivity index (χ0v) is 16.4. The second-order valence-electron chi connectivity index (χ2n) is 7.59. The van der Waals surface area contributed by atoms with Gasteiger partial charge in [-0.2, -0.15) is 0 Å². The van der Waals surface area contributed by atoms with Gasteiger partial charge in [-0.25, -0.2) is 0 Å². The first-order valence-electron chi connectivity index (χ1n) is 7.47. The van der Waals surface area contributed by atoms with E-state index in [4.69, 9.17) is 13.9 Å². The van der Waals surface area contributed by atoms with E-state index in [0.29, 0.717) is 12.4 Å². The third kappa shape index (κ3) is 5.67. The molecule has 21 heavy (non-hydrogen) atoms. The zero-order chi connectivity index (χ0) is 16.5. The van der Waals surface area contributed by atoms with Crippen molar-refractivity contribution in [3.8, 4) is 0 Å². The molecule has 0 saturated carbocycles. The molecular formula is C15H30O4SSi. The lowest BCUT2D eigenvalue weighted by Gasteiger charge is -2.37. The Hall–Kier alpha value is 0.117. The van der Waals surface area contributed by atoms with Crippen LogP contribution in [0.15, 0.2) is 0 Å². The van der Waals surface area contributed by atoms with Crippen LogP contribution >= 0.6 is 11.8 Å². The first-order chi connectivity index (χ1) is 9.34. The Labute approximate surface area is 134 Å². The molecule has 0 amide bonds. The van der Waals surface area contributed by atoms with Crippen LogP contribution in [0.25, 0.3) is 0 Å². The summed E-state index contributed by atoms with van der Waals surface area (Å²) in [6.07, 6.45) is -0.209. The number of carbonyl (C=O) groups is 1. The second-order valence-corrected chi connectivity index (χ2v) is 13.6. The summed E-state index contributed by atoms with van der Waals surface area (Å²) in [5.74, 6) is 0.00770. The van der Waals surface area contributed by atoms with Crippen molar-refractivity contribution in [3.05, 3.63) is 0 Å². The fourth-order valence-electron chi connectivity index (χ4n) is 1.90. The Morgan fingerprint density at radius 3 is 2.24 bits per heavy atom. The van der Waals surface area contributed by atoms with Crippen LogP contribution in [0.3, 0.4) is 0 Å². The summed E-state index contributed by atoms with van der Waals surface area (Å²) < 4.78 is 18.1. The van der Waals surface area contributed by atoms with Crippen molar-refractivity contribution in [2.45, 2.75) is 77.7 Å². The smallest absolute Gasteiger partial charge is 0.192 e. The van der Waals surface area contributed by atoms with Gasteiger partial charge in [0.1, 0.15) is 6.10 Å². The van der Waals surface area contributed by atoms with Gasteiger partial charge in [0, 0.05) is 12.7 Å². The molecule has 0 aliphatic carbocycles. The first kappa shape index (κ1) is 19.2. The van der Waals surface area contributed by atoms with E-state index in [1.807, 2.05) is 13.8 Å². The van der Waals surface area contributed by atoms with E-state index in [1.54, 1.807) is 6.92 Å². The van der Waals surface area contributed by atoms with E-state index in [0.717, 1.165) is 0 Å². The maximum atomic E-state index is 11.2. The highest BCUT2D eigenvalue weighted by Crippen LogP contribution is 2.38. The summed E-state index contributed by atoms with van der Waals surface area (Å²) in [5, 5.41) is 0.276. The lowest BCUT2D eigenvalue weighted by atomic mass is 10.2. The highest BCUT2D eigenvalue weighted by atomic mass is 32.2. The van der Waals surface area contributed by atoms with Crippen LogP contribution in [-0.2, 0) is 18.7 Å². The van der Waals surface area contributed by atoms with Gasteiger partial charge < -0.3 is 13.9 Å². The maximum absolute atomic E-state index is 11.2. The molecule has 0 radical (unpaired) electrons. The van der Waals surface area contributed by atoms with Crippen LogP contribution in [0, 0.1) is 0 Å². The monoisotopic (exact) mass is 334 g/mol. The molecule has 1 saturated heterocycles. The van der Waals surface area contributed by atoms with Gasteiger partial charge in [-0.05, 0) is 32.0 Å². The summed E-state index contributed by atoms with van der Waals surface area (Å²) in [7, 11) is -1.80. The first-order valence-corrected chi connectivity index (χ1v) is 11.4. The van der Waals surface area contributed by atoms with Gasteiger partial charge in [0.15, 0.2) is 19.2 Å². The summed E-state index contributed by atoms with van der Waals surface area (Å²) in [4.78, 5) is 11.2. The van der Waals surface area contributed by atoms with Crippen molar-refractivity contribution < 1.29 is 18.7 Å². The SMILES string of the molecule is CC(=O)SC[C@@H]1OC(C)(C)O[C@H]1CO[Si](C)(C)C(C)(C)C. The van der Waals surface area contributed by atoms with Crippen molar-refractivity contribution in [1.29, 1.82) is 0 Å². The zero-order valence-electron chi connectivity index (χ0n) is 14.6. The molecule has 4 nitrogen and oxygen atoms in total. The summed E-state index contributed by atoms with van der Waals surface area (Å²) in [6.45, 7) is 17.0. The fourth-order valence-corrected chi connectivity index (χ4v) is 3.59. The maximum Gasteiger partial charge on any atom is 0.192 e.